The molecule has 0 unspecified atom stereocenters. The van der Waals surface area contributed by atoms with Gasteiger partial charge in [0, 0.05) is 12.1 Å². The number of hydrogen-bond donors (Lipinski definition) is 1. The SMILES string of the molecule is COc1ccccc1NC(=O)CN(c1cccc([N+](=O)[O-])c1)S(=O)(=O)c1ccccc1. The molecule has 0 fully saturated rings. The quantitative estimate of drug-likeness (QED) is 0.422. The number of ether oxygens (including phenoxy) is 1. The first kappa shape index (κ1) is 21.8. The van der Waals surface area contributed by atoms with Crippen LogP contribution < -0.4 is 14.4 Å². The van der Waals surface area contributed by atoms with Crippen molar-refractivity contribution in [2.75, 3.05) is 23.3 Å². The van der Waals surface area contributed by atoms with E-state index >= 15 is 0 Å². The molecule has 0 aliphatic rings. The maximum absolute atomic E-state index is 13.3. The van der Waals surface area contributed by atoms with Crippen molar-refractivity contribution in [1.82, 2.24) is 0 Å². The molecule has 1 N–H and O–H groups in total. The summed E-state index contributed by atoms with van der Waals surface area (Å²) in [5.41, 5.74) is 0.0650. The Morgan fingerprint density at radius 2 is 1.71 bits per heavy atom. The van der Waals surface area contributed by atoms with E-state index < -0.39 is 27.4 Å². The lowest BCUT2D eigenvalue weighted by atomic mass is 10.2. The van der Waals surface area contributed by atoms with E-state index in [-0.39, 0.29) is 16.3 Å². The summed E-state index contributed by atoms with van der Waals surface area (Å²) in [6.45, 7) is -0.601. The van der Waals surface area contributed by atoms with Gasteiger partial charge in [0.25, 0.3) is 15.7 Å². The zero-order valence-corrected chi connectivity index (χ0v) is 17.3. The highest BCUT2D eigenvalue weighted by Gasteiger charge is 2.28. The van der Waals surface area contributed by atoms with Crippen molar-refractivity contribution in [3.05, 3.63) is 89.0 Å². The van der Waals surface area contributed by atoms with Gasteiger partial charge in [-0.3, -0.25) is 19.2 Å². The van der Waals surface area contributed by atoms with E-state index in [2.05, 4.69) is 5.32 Å². The van der Waals surface area contributed by atoms with E-state index in [0.717, 1.165) is 10.4 Å². The highest BCUT2D eigenvalue weighted by Crippen LogP contribution is 2.28. The van der Waals surface area contributed by atoms with E-state index in [4.69, 9.17) is 4.74 Å². The lowest BCUT2D eigenvalue weighted by Crippen LogP contribution is -2.38. The van der Waals surface area contributed by atoms with Gasteiger partial charge in [-0.1, -0.05) is 36.4 Å². The number of nitro benzene ring substituents is 1. The Morgan fingerprint density at radius 1 is 1.03 bits per heavy atom. The molecular weight excluding hydrogens is 422 g/mol. The number of non-ortho nitro benzene ring substituents is 1. The molecule has 0 aliphatic heterocycles. The number of benzene rings is 3. The maximum Gasteiger partial charge on any atom is 0.271 e. The summed E-state index contributed by atoms with van der Waals surface area (Å²) in [5, 5.41) is 13.8. The summed E-state index contributed by atoms with van der Waals surface area (Å²) in [7, 11) is -2.74. The number of amides is 1. The zero-order valence-electron chi connectivity index (χ0n) is 16.5. The topological polar surface area (TPSA) is 119 Å². The van der Waals surface area contributed by atoms with E-state index in [1.165, 1.54) is 37.4 Å². The number of anilines is 2. The van der Waals surface area contributed by atoms with Crippen molar-refractivity contribution in [3.8, 4) is 5.75 Å². The van der Waals surface area contributed by atoms with Gasteiger partial charge in [-0.2, -0.15) is 0 Å². The molecule has 0 atom stereocenters. The van der Waals surface area contributed by atoms with Crippen LogP contribution >= 0.6 is 0 Å². The predicted octanol–water partition coefficient (Wildman–Crippen LogP) is 3.44. The minimum absolute atomic E-state index is 0.00627. The molecule has 10 heteroatoms. The third-order valence-corrected chi connectivity index (χ3v) is 6.12. The van der Waals surface area contributed by atoms with Crippen LogP contribution in [0.3, 0.4) is 0 Å². The lowest BCUT2D eigenvalue weighted by molar-refractivity contribution is -0.384. The fourth-order valence-corrected chi connectivity index (χ4v) is 4.30. The molecule has 0 aliphatic carbocycles. The molecule has 160 valence electrons. The fourth-order valence-electron chi connectivity index (χ4n) is 2.86. The third-order valence-electron chi connectivity index (χ3n) is 4.33. The second-order valence-corrected chi connectivity index (χ2v) is 8.21. The van der Waals surface area contributed by atoms with Gasteiger partial charge in [0.15, 0.2) is 0 Å². The van der Waals surface area contributed by atoms with Crippen molar-refractivity contribution in [2.24, 2.45) is 0 Å². The van der Waals surface area contributed by atoms with Gasteiger partial charge in [0.05, 0.1) is 28.3 Å². The second kappa shape index (κ2) is 9.26. The summed E-state index contributed by atoms with van der Waals surface area (Å²) < 4.78 is 32.6. The molecule has 3 aromatic carbocycles. The molecule has 9 nitrogen and oxygen atoms in total. The summed E-state index contributed by atoms with van der Waals surface area (Å²) in [6.07, 6.45) is 0. The Bertz CT molecular complexity index is 1200. The highest BCUT2D eigenvalue weighted by molar-refractivity contribution is 7.92. The first-order valence-electron chi connectivity index (χ1n) is 9.08. The Morgan fingerprint density at radius 3 is 2.39 bits per heavy atom. The average Bonchev–Trinajstić information content (AvgIpc) is 2.78. The molecular formula is C21H19N3O6S. The van der Waals surface area contributed by atoms with E-state index in [1.54, 1.807) is 42.5 Å². The van der Waals surface area contributed by atoms with Crippen molar-refractivity contribution in [1.29, 1.82) is 0 Å². The van der Waals surface area contributed by atoms with Crippen LogP contribution in [-0.2, 0) is 14.8 Å². The Balaban J connectivity index is 1.99. The van der Waals surface area contributed by atoms with Gasteiger partial charge >= 0.3 is 0 Å². The molecule has 0 heterocycles. The number of nitrogens with one attached hydrogen (secondary N) is 1. The molecule has 0 bridgehead atoms. The number of sulfonamides is 1. The van der Waals surface area contributed by atoms with Gasteiger partial charge in [-0.15, -0.1) is 0 Å². The van der Waals surface area contributed by atoms with Crippen LogP contribution in [0, 0.1) is 10.1 Å². The first-order valence-corrected chi connectivity index (χ1v) is 10.5. The molecule has 0 saturated carbocycles. The number of methoxy groups -OCH3 is 1. The molecule has 31 heavy (non-hydrogen) atoms. The van der Waals surface area contributed by atoms with Crippen molar-refractivity contribution in [3.63, 3.8) is 0 Å². The molecule has 0 spiro atoms. The van der Waals surface area contributed by atoms with Crippen LogP contribution in [0.1, 0.15) is 0 Å². The normalized spacial score (nSPS) is 10.9. The van der Waals surface area contributed by atoms with Gasteiger partial charge in [0.2, 0.25) is 5.91 Å². The van der Waals surface area contributed by atoms with Crippen molar-refractivity contribution >= 4 is 33.0 Å². The van der Waals surface area contributed by atoms with Crippen LogP contribution in [0.4, 0.5) is 17.1 Å². The molecule has 0 radical (unpaired) electrons. The number of carbonyl (C=O) groups is 1. The third kappa shape index (κ3) is 4.98. The van der Waals surface area contributed by atoms with Crippen LogP contribution in [0.5, 0.6) is 5.75 Å². The van der Waals surface area contributed by atoms with Crippen LogP contribution in [0.15, 0.2) is 83.8 Å². The van der Waals surface area contributed by atoms with E-state index in [1.807, 2.05) is 0 Å². The molecule has 3 aromatic rings. The number of nitrogens with zero attached hydrogens (tertiary/aromatic N) is 2. The minimum atomic E-state index is -4.18. The second-order valence-electron chi connectivity index (χ2n) is 6.35. The molecule has 3 rings (SSSR count). The maximum atomic E-state index is 13.3. The number of nitro groups is 1. The molecule has 1 amide bonds. The molecule has 0 saturated heterocycles. The van der Waals surface area contributed by atoms with Crippen LogP contribution in [0.2, 0.25) is 0 Å². The van der Waals surface area contributed by atoms with Crippen molar-refractivity contribution < 1.29 is 22.9 Å². The highest BCUT2D eigenvalue weighted by atomic mass is 32.2. The lowest BCUT2D eigenvalue weighted by Gasteiger charge is -2.24. The van der Waals surface area contributed by atoms with Gasteiger partial charge in [-0.25, -0.2) is 8.42 Å². The fraction of sp³-hybridized carbons (Fsp3) is 0.0952. The predicted molar refractivity (Wildman–Crippen MR) is 116 cm³/mol. The van der Waals surface area contributed by atoms with E-state index in [0.29, 0.717) is 11.4 Å². The Kier molecular flexibility index (Phi) is 6.51. The van der Waals surface area contributed by atoms with Gasteiger partial charge in [-0.05, 0) is 30.3 Å². The summed E-state index contributed by atoms with van der Waals surface area (Å²) in [4.78, 5) is 23.2. The van der Waals surface area contributed by atoms with E-state index in [9.17, 15) is 23.3 Å². The Labute approximate surface area is 179 Å². The summed E-state index contributed by atoms with van der Waals surface area (Å²) in [6, 6.07) is 19.3. The van der Waals surface area contributed by atoms with Crippen molar-refractivity contribution in [2.45, 2.75) is 4.90 Å². The standard InChI is InChI=1S/C21H19N3O6S/c1-30-20-13-6-5-12-19(20)22-21(25)15-23(16-8-7-9-17(14-16)24(26)27)31(28,29)18-10-3-2-4-11-18/h2-14H,15H2,1H3,(H,22,25). The minimum Gasteiger partial charge on any atom is -0.495 e. The Hall–Kier alpha value is -3.92. The summed E-state index contributed by atoms with van der Waals surface area (Å²) >= 11 is 0. The number of para-hydroxylation sites is 2. The monoisotopic (exact) mass is 441 g/mol. The number of carbonyl (C=O) groups excluding carboxylic acids is 1. The molecule has 0 aromatic heterocycles. The first-order chi connectivity index (χ1) is 14.8. The number of hydrogen-bond acceptors (Lipinski definition) is 6. The van der Waals surface area contributed by atoms with Crippen LogP contribution in [-0.4, -0.2) is 32.9 Å². The smallest absolute Gasteiger partial charge is 0.271 e. The largest absolute Gasteiger partial charge is 0.495 e. The zero-order chi connectivity index (χ0) is 22.4. The number of rotatable bonds is 8. The van der Waals surface area contributed by atoms with Crippen LogP contribution in [0.25, 0.3) is 0 Å². The average molecular weight is 441 g/mol. The van der Waals surface area contributed by atoms with Gasteiger partial charge < -0.3 is 10.1 Å². The summed E-state index contributed by atoms with van der Waals surface area (Å²) in [5.74, 6) is -0.237. The van der Waals surface area contributed by atoms with Gasteiger partial charge in [0.1, 0.15) is 12.3 Å².